The highest BCUT2D eigenvalue weighted by Crippen LogP contribution is 2.31. The van der Waals surface area contributed by atoms with Crippen molar-refractivity contribution in [1.29, 1.82) is 0 Å². The largest absolute Gasteiger partial charge is 0.453 e. The van der Waals surface area contributed by atoms with Crippen molar-refractivity contribution in [3.05, 3.63) is 35.4 Å². The van der Waals surface area contributed by atoms with Gasteiger partial charge in [0.05, 0.1) is 26.4 Å². The predicted octanol–water partition coefficient (Wildman–Crippen LogP) is 2.71. The van der Waals surface area contributed by atoms with E-state index in [9.17, 15) is 4.79 Å². The Kier molecular flexibility index (Phi) is 6.86. The number of nitrogens with zero attached hydrogens (tertiary/aromatic N) is 2. The number of morpholine rings is 1. The van der Waals surface area contributed by atoms with Crippen molar-refractivity contribution in [2.24, 2.45) is 0 Å². The Bertz CT molecular complexity index is 501. The average molecular weight is 320 g/mol. The summed E-state index contributed by atoms with van der Waals surface area (Å²) in [4.78, 5) is 16.3. The summed E-state index contributed by atoms with van der Waals surface area (Å²) in [5.41, 5.74) is 2.59. The van der Waals surface area contributed by atoms with Crippen molar-refractivity contribution in [3.63, 3.8) is 0 Å². The lowest BCUT2D eigenvalue weighted by atomic mass is 9.92. The third-order valence-electron chi connectivity index (χ3n) is 4.36. The fourth-order valence-electron chi connectivity index (χ4n) is 3.21. The van der Waals surface area contributed by atoms with Crippen LogP contribution in [0.15, 0.2) is 24.3 Å². The summed E-state index contributed by atoms with van der Waals surface area (Å²) in [7, 11) is 1.45. The molecule has 2 aliphatic rings. The van der Waals surface area contributed by atoms with E-state index < -0.39 is 0 Å². The summed E-state index contributed by atoms with van der Waals surface area (Å²) in [5, 5.41) is 0. The monoisotopic (exact) mass is 320 g/mol. The van der Waals surface area contributed by atoms with Gasteiger partial charge >= 0.3 is 6.09 Å². The van der Waals surface area contributed by atoms with Gasteiger partial charge in [-0.25, -0.2) is 4.79 Å². The van der Waals surface area contributed by atoms with Crippen LogP contribution in [0.25, 0.3) is 0 Å². The summed E-state index contributed by atoms with van der Waals surface area (Å²) in [6.07, 6.45) is 0.660. The number of rotatable bonds is 2. The molecule has 0 radical (unpaired) electrons. The van der Waals surface area contributed by atoms with Gasteiger partial charge in [0.1, 0.15) is 0 Å². The van der Waals surface area contributed by atoms with E-state index in [1.807, 2.05) is 24.8 Å². The van der Waals surface area contributed by atoms with Crippen molar-refractivity contribution in [2.75, 3.05) is 46.5 Å². The second kappa shape index (κ2) is 8.89. The van der Waals surface area contributed by atoms with Gasteiger partial charge in [-0.3, -0.25) is 9.80 Å². The quantitative estimate of drug-likeness (QED) is 0.840. The third kappa shape index (κ3) is 4.24. The van der Waals surface area contributed by atoms with Crippen LogP contribution in [-0.2, 0) is 15.9 Å². The number of ether oxygens (including phenoxy) is 2. The second-order valence-corrected chi connectivity index (χ2v) is 5.54. The Morgan fingerprint density at radius 3 is 2.61 bits per heavy atom. The van der Waals surface area contributed by atoms with Crippen molar-refractivity contribution in [1.82, 2.24) is 9.80 Å². The summed E-state index contributed by atoms with van der Waals surface area (Å²) in [5.74, 6) is 0. The lowest BCUT2D eigenvalue weighted by molar-refractivity contribution is 0.0203. The van der Waals surface area contributed by atoms with Gasteiger partial charge in [0.2, 0.25) is 0 Å². The van der Waals surface area contributed by atoms with Crippen molar-refractivity contribution in [3.8, 4) is 0 Å². The van der Waals surface area contributed by atoms with Gasteiger partial charge in [-0.05, 0) is 17.5 Å². The summed E-state index contributed by atoms with van der Waals surface area (Å²) in [6, 6.07) is 8.48. The molecule has 1 saturated heterocycles. The van der Waals surface area contributed by atoms with Crippen LogP contribution in [0.3, 0.4) is 0 Å². The smallest absolute Gasteiger partial charge is 0.410 e. The first-order valence-electron chi connectivity index (χ1n) is 8.52. The maximum atomic E-state index is 12.1. The van der Waals surface area contributed by atoms with Gasteiger partial charge in [0.25, 0.3) is 0 Å². The maximum absolute atomic E-state index is 12.1. The van der Waals surface area contributed by atoms with Crippen LogP contribution in [0.1, 0.15) is 31.0 Å². The van der Waals surface area contributed by atoms with Gasteiger partial charge < -0.3 is 9.47 Å². The van der Waals surface area contributed by atoms with Crippen molar-refractivity contribution in [2.45, 2.75) is 26.3 Å². The summed E-state index contributed by atoms with van der Waals surface area (Å²) < 4.78 is 10.4. The average Bonchev–Trinajstić information content (AvgIpc) is 2.64. The molecule has 2 heterocycles. The lowest BCUT2D eigenvalue weighted by Crippen LogP contribution is -2.47. The van der Waals surface area contributed by atoms with E-state index >= 15 is 0 Å². The highest BCUT2D eigenvalue weighted by Gasteiger charge is 2.32. The standard InChI is InChI=1S/C16H22N2O3.C2H6/c1-20-16(19)18-7-6-13-4-2-3-5-14(13)15(18)12-17-8-10-21-11-9-17;1-2/h2-5,15H,6-12H2,1H3;1-2H3. The zero-order valence-electron chi connectivity index (χ0n) is 14.5. The molecule has 1 aromatic carbocycles. The zero-order chi connectivity index (χ0) is 16.7. The summed E-state index contributed by atoms with van der Waals surface area (Å²) >= 11 is 0. The number of amides is 1. The molecular weight excluding hydrogens is 292 g/mol. The number of methoxy groups -OCH3 is 1. The predicted molar refractivity (Wildman–Crippen MR) is 90.6 cm³/mol. The fraction of sp³-hybridized carbons (Fsp3) is 0.611. The maximum Gasteiger partial charge on any atom is 0.410 e. The van der Waals surface area contributed by atoms with Crippen LogP contribution in [0.5, 0.6) is 0 Å². The van der Waals surface area contributed by atoms with E-state index in [0.717, 1.165) is 45.8 Å². The number of hydrogen-bond donors (Lipinski definition) is 0. The van der Waals surface area contributed by atoms with Gasteiger partial charge in [0.15, 0.2) is 0 Å². The Labute approximate surface area is 139 Å². The number of benzene rings is 1. The van der Waals surface area contributed by atoms with Crippen LogP contribution >= 0.6 is 0 Å². The number of fused-ring (bicyclic) bond motifs is 1. The normalized spacial score (nSPS) is 21.0. The van der Waals surface area contributed by atoms with E-state index in [2.05, 4.69) is 23.1 Å². The molecule has 5 nitrogen and oxygen atoms in total. The molecule has 0 saturated carbocycles. The Morgan fingerprint density at radius 1 is 1.22 bits per heavy atom. The molecule has 3 rings (SSSR count). The minimum Gasteiger partial charge on any atom is -0.453 e. The molecule has 2 aliphatic heterocycles. The van der Waals surface area contributed by atoms with E-state index in [4.69, 9.17) is 9.47 Å². The van der Waals surface area contributed by atoms with Crippen molar-refractivity contribution >= 4 is 6.09 Å². The fourth-order valence-corrected chi connectivity index (χ4v) is 3.21. The molecule has 128 valence electrons. The Hall–Kier alpha value is -1.59. The molecule has 5 heteroatoms. The minimum absolute atomic E-state index is 0.0699. The molecule has 0 aromatic heterocycles. The third-order valence-corrected chi connectivity index (χ3v) is 4.36. The summed E-state index contributed by atoms with van der Waals surface area (Å²) in [6.45, 7) is 8.95. The zero-order valence-corrected chi connectivity index (χ0v) is 14.5. The highest BCUT2D eigenvalue weighted by atomic mass is 16.5. The number of carbonyl (C=O) groups is 1. The Balaban J connectivity index is 0.000000924. The van der Waals surface area contributed by atoms with Crippen molar-refractivity contribution < 1.29 is 14.3 Å². The lowest BCUT2D eigenvalue weighted by Gasteiger charge is -2.39. The topological polar surface area (TPSA) is 42.0 Å². The molecule has 0 aliphatic carbocycles. The molecule has 0 N–H and O–H groups in total. The number of hydrogen-bond acceptors (Lipinski definition) is 4. The first-order valence-corrected chi connectivity index (χ1v) is 8.52. The van der Waals surface area contributed by atoms with E-state index in [1.54, 1.807) is 0 Å². The van der Waals surface area contributed by atoms with E-state index in [0.29, 0.717) is 0 Å². The van der Waals surface area contributed by atoms with Crippen LogP contribution < -0.4 is 0 Å². The van der Waals surface area contributed by atoms with Gasteiger partial charge in [-0.1, -0.05) is 38.1 Å². The van der Waals surface area contributed by atoms with Crippen LogP contribution in [0.2, 0.25) is 0 Å². The molecule has 1 atom stereocenters. The molecule has 1 aromatic rings. The SMILES string of the molecule is CC.COC(=O)N1CCc2ccccc2C1CN1CCOCC1. The molecular formula is C18H28N2O3. The molecule has 23 heavy (non-hydrogen) atoms. The second-order valence-electron chi connectivity index (χ2n) is 5.54. The first kappa shape index (κ1) is 17.8. The molecule has 0 spiro atoms. The molecule has 0 bridgehead atoms. The van der Waals surface area contributed by atoms with Gasteiger partial charge in [-0.15, -0.1) is 0 Å². The first-order chi connectivity index (χ1) is 11.3. The minimum atomic E-state index is -0.234. The van der Waals surface area contributed by atoms with Crippen LogP contribution in [-0.4, -0.2) is 62.4 Å². The number of carbonyl (C=O) groups excluding carboxylic acids is 1. The molecule has 1 unspecified atom stereocenters. The van der Waals surface area contributed by atoms with Crippen LogP contribution in [0, 0.1) is 0 Å². The van der Waals surface area contributed by atoms with E-state index in [-0.39, 0.29) is 12.1 Å². The molecule has 1 amide bonds. The van der Waals surface area contributed by atoms with E-state index in [1.165, 1.54) is 18.2 Å². The Morgan fingerprint density at radius 2 is 1.91 bits per heavy atom. The van der Waals surface area contributed by atoms with Crippen LogP contribution in [0.4, 0.5) is 4.79 Å². The molecule has 1 fully saturated rings. The highest BCUT2D eigenvalue weighted by molar-refractivity contribution is 5.69. The van der Waals surface area contributed by atoms with Gasteiger partial charge in [-0.2, -0.15) is 0 Å². The van der Waals surface area contributed by atoms with Gasteiger partial charge in [0, 0.05) is 26.2 Å².